The van der Waals surface area contributed by atoms with E-state index in [0.717, 1.165) is 22.0 Å². The zero-order valence-electron chi connectivity index (χ0n) is 17.0. The molecule has 1 unspecified atom stereocenters. The fourth-order valence-electron chi connectivity index (χ4n) is 3.85. The van der Waals surface area contributed by atoms with Gasteiger partial charge in [-0.2, -0.15) is 0 Å². The van der Waals surface area contributed by atoms with E-state index in [4.69, 9.17) is 0 Å². The molecule has 4 heteroatoms. The van der Waals surface area contributed by atoms with E-state index < -0.39 is 0 Å². The highest BCUT2D eigenvalue weighted by molar-refractivity contribution is 5.85. The van der Waals surface area contributed by atoms with Crippen LogP contribution in [0.5, 0.6) is 0 Å². The molecule has 0 aliphatic heterocycles. The Labute approximate surface area is 176 Å². The van der Waals surface area contributed by atoms with E-state index >= 15 is 0 Å². The fraction of sp³-hybridized carbons (Fsp3) is 0.192. The number of aromatic nitrogens is 1. The number of hydrogen-bond donors (Lipinski definition) is 1. The van der Waals surface area contributed by atoms with Crippen LogP contribution in [0, 0.1) is 5.82 Å². The summed E-state index contributed by atoms with van der Waals surface area (Å²) in [7, 11) is 0. The number of benzene rings is 3. The van der Waals surface area contributed by atoms with Gasteiger partial charge in [0.05, 0.1) is 12.6 Å². The molecular formula is C26H25FN2O. The normalized spacial score (nSPS) is 12.1. The van der Waals surface area contributed by atoms with Crippen molar-refractivity contribution in [3.05, 3.63) is 108 Å². The molecule has 4 aromatic rings. The average Bonchev–Trinajstić information content (AvgIpc) is 3.12. The van der Waals surface area contributed by atoms with Crippen LogP contribution in [0.4, 0.5) is 4.39 Å². The fourth-order valence-corrected chi connectivity index (χ4v) is 3.85. The molecule has 0 bridgehead atoms. The molecule has 152 valence electrons. The quantitative estimate of drug-likeness (QED) is 0.428. The lowest BCUT2D eigenvalue weighted by Gasteiger charge is -2.14. The summed E-state index contributed by atoms with van der Waals surface area (Å²) < 4.78 is 16.2. The van der Waals surface area contributed by atoms with Crippen molar-refractivity contribution in [1.29, 1.82) is 0 Å². The van der Waals surface area contributed by atoms with Crippen LogP contribution in [-0.4, -0.2) is 10.5 Å². The zero-order valence-corrected chi connectivity index (χ0v) is 17.0. The van der Waals surface area contributed by atoms with Crippen LogP contribution in [0.3, 0.4) is 0 Å². The van der Waals surface area contributed by atoms with Crippen LogP contribution in [0.15, 0.2) is 85.1 Å². The first-order valence-electron chi connectivity index (χ1n) is 10.3. The number of aryl methyl sites for hydroxylation is 1. The van der Waals surface area contributed by atoms with Gasteiger partial charge in [-0.25, -0.2) is 4.39 Å². The van der Waals surface area contributed by atoms with Gasteiger partial charge in [0.25, 0.3) is 0 Å². The Bertz CT molecular complexity index is 1150. The second-order valence-corrected chi connectivity index (χ2v) is 7.59. The predicted octanol–water partition coefficient (Wildman–Crippen LogP) is 5.64. The first-order chi connectivity index (χ1) is 14.6. The summed E-state index contributed by atoms with van der Waals surface area (Å²) in [6.07, 6.45) is 3.09. The van der Waals surface area contributed by atoms with Crippen molar-refractivity contribution in [2.24, 2.45) is 0 Å². The van der Waals surface area contributed by atoms with Gasteiger partial charge >= 0.3 is 0 Å². The molecule has 1 heterocycles. The monoisotopic (exact) mass is 400 g/mol. The highest BCUT2D eigenvalue weighted by Gasteiger charge is 2.13. The lowest BCUT2D eigenvalue weighted by molar-refractivity contribution is -0.121. The maximum Gasteiger partial charge on any atom is 0.220 e. The van der Waals surface area contributed by atoms with E-state index in [2.05, 4.69) is 16.0 Å². The average molecular weight is 400 g/mol. The van der Waals surface area contributed by atoms with E-state index in [1.807, 2.05) is 73.8 Å². The van der Waals surface area contributed by atoms with E-state index in [1.54, 1.807) is 6.07 Å². The predicted molar refractivity (Wildman–Crippen MR) is 119 cm³/mol. The van der Waals surface area contributed by atoms with Gasteiger partial charge in [-0.05, 0) is 36.6 Å². The summed E-state index contributed by atoms with van der Waals surface area (Å²) in [6, 6.07) is 24.8. The number of hydrogen-bond acceptors (Lipinski definition) is 1. The Balaban J connectivity index is 1.48. The molecule has 1 atom stereocenters. The Kier molecular flexibility index (Phi) is 5.94. The van der Waals surface area contributed by atoms with Gasteiger partial charge in [0.1, 0.15) is 5.82 Å². The summed E-state index contributed by atoms with van der Waals surface area (Å²) >= 11 is 0. The minimum Gasteiger partial charge on any atom is -0.350 e. The summed E-state index contributed by atoms with van der Waals surface area (Å²) in [5.41, 5.74) is 3.89. The van der Waals surface area contributed by atoms with Gasteiger partial charge in [-0.3, -0.25) is 4.79 Å². The molecule has 0 aliphatic rings. The Hall–Kier alpha value is -3.40. The molecule has 0 radical (unpaired) electrons. The maximum atomic E-state index is 14.1. The second-order valence-electron chi connectivity index (χ2n) is 7.59. The van der Waals surface area contributed by atoms with Gasteiger partial charge in [0.15, 0.2) is 0 Å². The number of para-hydroxylation sites is 1. The van der Waals surface area contributed by atoms with Gasteiger partial charge in [-0.1, -0.05) is 66.7 Å². The van der Waals surface area contributed by atoms with Crippen LogP contribution < -0.4 is 5.32 Å². The number of nitrogens with one attached hydrogen (secondary N) is 1. The zero-order chi connectivity index (χ0) is 20.9. The smallest absolute Gasteiger partial charge is 0.220 e. The number of nitrogens with zero attached hydrogens (tertiary/aromatic N) is 1. The number of carbonyl (C=O) groups is 1. The Morgan fingerprint density at radius 2 is 1.63 bits per heavy atom. The Morgan fingerprint density at radius 1 is 0.933 bits per heavy atom. The maximum absolute atomic E-state index is 14.1. The van der Waals surface area contributed by atoms with Gasteiger partial charge in [0, 0.05) is 29.1 Å². The number of halogens is 1. The summed E-state index contributed by atoms with van der Waals surface area (Å²) in [5, 5.41) is 4.18. The molecule has 0 aliphatic carbocycles. The van der Waals surface area contributed by atoms with Crippen molar-refractivity contribution < 1.29 is 9.18 Å². The van der Waals surface area contributed by atoms with Crippen molar-refractivity contribution in [1.82, 2.24) is 9.88 Å². The molecule has 30 heavy (non-hydrogen) atoms. The summed E-state index contributed by atoms with van der Waals surface area (Å²) in [4.78, 5) is 12.5. The summed E-state index contributed by atoms with van der Waals surface area (Å²) in [6.45, 7) is 2.46. The largest absolute Gasteiger partial charge is 0.350 e. The van der Waals surface area contributed by atoms with Gasteiger partial charge < -0.3 is 9.88 Å². The highest BCUT2D eigenvalue weighted by atomic mass is 19.1. The standard InChI is InChI=1S/C26H25FN2O/c1-19(20-9-3-2-4-10-20)28-26(30)16-15-21-17-29(25-14-8-6-12-23(21)25)18-22-11-5-7-13-24(22)27/h2-14,17,19H,15-16,18H2,1H3,(H,28,30). The molecule has 4 rings (SSSR count). The minimum atomic E-state index is -0.203. The van der Waals surface area contributed by atoms with Gasteiger partial charge in [0.2, 0.25) is 5.91 Å². The van der Waals surface area contributed by atoms with Crippen LogP contribution in [0.1, 0.15) is 36.1 Å². The topological polar surface area (TPSA) is 34.0 Å². The number of fused-ring (bicyclic) bond motifs is 1. The van der Waals surface area contributed by atoms with Crippen LogP contribution in [-0.2, 0) is 17.8 Å². The molecule has 3 nitrogen and oxygen atoms in total. The molecular weight excluding hydrogens is 375 g/mol. The molecule has 1 N–H and O–H groups in total. The Morgan fingerprint density at radius 3 is 2.43 bits per heavy atom. The van der Waals surface area contributed by atoms with E-state index in [1.165, 1.54) is 6.07 Å². The summed E-state index contributed by atoms with van der Waals surface area (Å²) in [5.74, 6) is -0.177. The highest BCUT2D eigenvalue weighted by Crippen LogP contribution is 2.24. The van der Waals surface area contributed by atoms with Crippen molar-refractivity contribution in [2.45, 2.75) is 32.4 Å². The lowest BCUT2D eigenvalue weighted by atomic mass is 10.1. The minimum absolute atomic E-state index is 0.0253. The van der Waals surface area contributed by atoms with E-state index in [-0.39, 0.29) is 17.8 Å². The van der Waals surface area contributed by atoms with Crippen LogP contribution >= 0.6 is 0 Å². The first-order valence-corrected chi connectivity index (χ1v) is 10.3. The third-order valence-electron chi connectivity index (χ3n) is 5.47. The number of amides is 1. The van der Waals surface area contributed by atoms with Crippen molar-refractivity contribution >= 4 is 16.8 Å². The van der Waals surface area contributed by atoms with Crippen molar-refractivity contribution in [3.63, 3.8) is 0 Å². The third-order valence-corrected chi connectivity index (χ3v) is 5.47. The molecule has 1 aromatic heterocycles. The third kappa shape index (κ3) is 4.43. The molecule has 1 amide bonds. The molecule has 0 spiro atoms. The van der Waals surface area contributed by atoms with Crippen LogP contribution in [0.25, 0.3) is 10.9 Å². The number of rotatable bonds is 7. The van der Waals surface area contributed by atoms with E-state index in [0.29, 0.717) is 24.9 Å². The molecule has 3 aromatic carbocycles. The molecule has 0 saturated carbocycles. The van der Waals surface area contributed by atoms with Crippen molar-refractivity contribution in [2.75, 3.05) is 0 Å². The van der Waals surface area contributed by atoms with Gasteiger partial charge in [-0.15, -0.1) is 0 Å². The molecule has 0 fully saturated rings. The lowest BCUT2D eigenvalue weighted by Crippen LogP contribution is -2.26. The SMILES string of the molecule is CC(NC(=O)CCc1cn(Cc2ccccc2F)c2ccccc12)c1ccccc1. The van der Waals surface area contributed by atoms with E-state index in [9.17, 15) is 9.18 Å². The number of carbonyl (C=O) groups excluding carboxylic acids is 1. The van der Waals surface area contributed by atoms with Crippen LogP contribution in [0.2, 0.25) is 0 Å². The van der Waals surface area contributed by atoms with Crippen molar-refractivity contribution in [3.8, 4) is 0 Å². The first kappa shape index (κ1) is 19.9. The second kappa shape index (κ2) is 8.95. The molecule has 0 saturated heterocycles.